The molecule has 1 amide bonds. The fourth-order valence-corrected chi connectivity index (χ4v) is 1.39. The zero-order chi connectivity index (χ0) is 11.2. The van der Waals surface area contributed by atoms with Gasteiger partial charge in [0.05, 0.1) is 6.26 Å². The molecule has 0 unspecified atom stereocenters. The summed E-state index contributed by atoms with van der Waals surface area (Å²) in [6, 6.07) is 0. The minimum Gasteiger partial charge on any atom is -0.369 e. The number of hydrogen-bond acceptors (Lipinski definition) is 3. The molecule has 3 N–H and O–H groups in total. The van der Waals surface area contributed by atoms with Crippen LogP contribution in [0.4, 0.5) is 0 Å². The molecule has 0 aromatic carbocycles. The van der Waals surface area contributed by atoms with Crippen LogP contribution >= 0.6 is 0 Å². The molecule has 1 aliphatic carbocycles. The Morgan fingerprint density at radius 2 is 1.64 bits per heavy atom. The summed E-state index contributed by atoms with van der Waals surface area (Å²) in [4.78, 5) is 10.6. The Balaban J connectivity index is 0.000000292. The molecular weight excluding hydrogens is 206 g/mol. The van der Waals surface area contributed by atoms with Crippen LogP contribution in [0.5, 0.6) is 0 Å². The van der Waals surface area contributed by atoms with Gasteiger partial charge in [-0.3, -0.25) is 9.35 Å². The number of amides is 1. The van der Waals surface area contributed by atoms with Crippen molar-refractivity contribution in [3.05, 3.63) is 0 Å². The Morgan fingerprint density at radius 1 is 1.29 bits per heavy atom. The molecule has 0 aromatic rings. The van der Waals surface area contributed by atoms with Crippen molar-refractivity contribution in [2.24, 2.45) is 11.7 Å². The fraction of sp³-hybridized carbons (Fsp3) is 0.875. The highest BCUT2D eigenvalue weighted by Crippen LogP contribution is 2.22. The molecular formula is C8H17NO4S. The second-order valence-electron chi connectivity index (χ2n) is 3.47. The molecule has 0 aromatic heterocycles. The molecule has 6 heteroatoms. The molecule has 0 bridgehead atoms. The standard InChI is InChI=1S/C7H13NO.CH4O3S/c8-7(9)6-4-2-1-3-5-6;1-5(2,3)4/h6H,1-5H2,(H2,8,9);1H3,(H,2,3,4). The SMILES string of the molecule is CS(=O)(=O)O.NC(=O)C1CCCCC1. The van der Waals surface area contributed by atoms with E-state index < -0.39 is 10.1 Å². The van der Waals surface area contributed by atoms with Crippen molar-refractivity contribution in [3.8, 4) is 0 Å². The quantitative estimate of drug-likeness (QED) is 0.634. The topological polar surface area (TPSA) is 97.5 Å². The average Bonchev–Trinajstić information content (AvgIpc) is 2.03. The third kappa shape index (κ3) is 9.47. The Bertz CT molecular complexity index is 259. The van der Waals surface area contributed by atoms with Crippen molar-refractivity contribution in [1.82, 2.24) is 0 Å². The smallest absolute Gasteiger partial charge is 0.261 e. The second-order valence-corrected chi connectivity index (χ2v) is 4.94. The summed E-state index contributed by atoms with van der Waals surface area (Å²) in [5.74, 6) is 0.0912. The van der Waals surface area contributed by atoms with Gasteiger partial charge in [-0.05, 0) is 12.8 Å². The molecule has 84 valence electrons. The van der Waals surface area contributed by atoms with Crippen LogP contribution in [0.3, 0.4) is 0 Å². The van der Waals surface area contributed by atoms with Gasteiger partial charge in [0.15, 0.2) is 0 Å². The normalized spacial score (nSPS) is 18.1. The molecule has 0 aliphatic heterocycles. The monoisotopic (exact) mass is 223 g/mol. The molecule has 0 radical (unpaired) electrons. The van der Waals surface area contributed by atoms with E-state index in [2.05, 4.69) is 0 Å². The van der Waals surface area contributed by atoms with Crippen LogP contribution in [0, 0.1) is 5.92 Å². The van der Waals surface area contributed by atoms with E-state index in [4.69, 9.17) is 10.3 Å². The first kappa shape index (κ1) is 13.4. The average molecular weight is 223 g/mol. The summed E-state index contributed by atoms with van der Waals surface area (Å²) in [6.07, 6.45) is 6.42. The number of carbonyl (C=O) groups excluding carboxylic acids is 1. The van der Waals surface area contributed by atoms with Crippen molar-refractivity contribution < 1.29 is 17.8 Å². The largest absolute Gasteiger partial charge is 0.369 e. The van der Waals surface area contributed by atoms with Crippen molar-refractivity contribution in [1.29, 1.82) is 0 Å². The van der Waals surface area contributed by atoms with Gasteiger partial charge in [-0.2, -0.15) is 8.42 Å². The molecule has 1 fully saturated rings. The lowest BCUT2D eigenvalue weighted by molar-refractivity contribution is -0.122. The minimum atomic E-state index is -3.67. The van der Waals surface area contributed by atoms with Gasteiger partial charge in [0.25, 0.3) is 10.1 Å². The predicted octanol–water partition coefficient (Wildman–Crippen LogP) is 0.556. The molecule has 0 atom stereocenters. The Morgan fingerprint density at radius 3 is 1.86 bits per heavy atom. The lowest BCUT2D eigenvalue weighted by Gasteiger charge is -2.17. The molecule has 5 nitrogen and oxygen atoms in total. The Hall–Kier alpha value is -0.620. The maximum Gasteiger partial charge on any atom is 0.261 e. The van der Waals surface area contributed by atoms with Crippen LogP contribution < -0.4 is 5.73 Å². The fourth-order valence-electron chi connectivity index (χ4n) is 1.39. The summed E-state index contributed by atoms with van der Waals surface area (Å²) in [5.41, 5.74) is 5.13. The number of nitrogens with two attached hydrogens (primary N) is 1. The first-order chi connectivity index (χ1) is 6.30. The van der Waals surface area contributed by atoms with Gasteiger partial charge in [-0.25, -0.2) is 0 Å². The third-order valence-electron chi connectivity index (χ3n) is 2.01. The summed E-state index contributed by atoms with van der Waals surface area (Å²) in [6.45, 7) is 0. The summed E-state index contributed by atoms with van der Waals surface area (Å²) < 4.78 is 25.9. The Labute approximate surface area is 84.4 Å². The number of hydrogen-bond donors (Lipinski definition) is 2. The van der Waals surface area contributed by atoms with Crippen LogP contribution in [0.25, 0.3) is 0 Å². The third-order valence-corrected chi connectivity index (χ3v) is 2.01. The van der Waals surface area contributed by atoms with E-state index in [9.17, 15) is 13.2 Å². The van der Waals surface area contributed by atoms with E-state index in [1.165, 1.54) is 19.3 Å². The van der Waals surface area contributed by atoms with E-state index in [1.54, 1.807) is 0 Å². The van der Waals surface area contributed by atoms with E-state index in [0.717, 1.165) is 12.8 Å². The van der Waals surface area contributed by atoms with Crippen molar-refractivity contribution >= 4 is 16.0 Å². The van der Waals surface area contributed by atoms with Crippen molar-refractivity contribution in [2.75, 3.05) is 6.26 Å². The highest BCUT2D eigenvalue weighted by molar-refractivity contribution is 7.85. The van der Waals surface area contributed by atoms with E-state index in [0.29, 0.717) is 6.26 Å². The van der Waals surface area contributed by atoms with Crippen molar-refractivity contribution in [3.63, 3.8) is 0 Å². The van der Waals surface area contributed by atoms with Gasteiger partial charge in [0.2, 0.25) is 5.91 Å². The lowest BCUT2D eigenvalue weighted by Crippen LogP contribution is -2.24. The maximum absolute atomic E-state index is 10.6. The van der Waals surface area contributed by atoms with Crippen LogP contribution in [-0.4, -0.2) is 25.1 Å². The van der Waals surface area contributed by atoms with Crippen LogP contribution in [0.15, 0.2) is 0 Å². The number of primary amides is 1. The van der Waals surface area contributed by atoms with Gasteiger partial charge in [0.1, 0.15) is 0 Å². The second kappa shape index (κ2) is 5.98. The molecule has 0 spiro atoms. The van der Waals surface area contributed by atoms with Crippen LogP contribution in [-0.2, 0) is 14.9 Å². The molecule has 1 rings (SSSR count). The van der Waals surface area contributed by atoms with Gasteiger partial charge < -0.3 is 5.73 Å². The van der Waals surface area contributed by atoms with Crippen LogP contribution in [0.2, 0.25) is 0 Å². The first-order valence-electron chi connectivity index (χ1n) is 4.52. The molecule has 1 aliphatic rings. The highest BCUT2D eigenvalue weighted by Gasteiger charge is 2.17. The molecule has 14 heavy (non-hydrogen) atoms. The van der Waals surface area contributed by atoms with Gasteiger partial charge >= 0.3 is 0 Å². The molecule has 0 saturated heterocycles. The maximum atomic E-state index is 10.6. The van der Waals surface area contributed by atoms with E-state index in [-0.39, 0.29) is 11.8 Å². The predicted molar refractivity (Wildman–Crippen MR) is 53.2 cm³/mol. The van der Waals surface area contributed by atoms with E-state index >= 15 is 0 Å². The zero-order valence-corrected chi connectivity index (χ0v) is 9.09. The minimum absolute atomic E-state index is 0.102. The van der Waals surface area contributed by atoms with Gasteiger partial charge in [0, 0.05) is 5.92 Å². The summed E-state index contributed by atoms with van der Waals surface area (Å²) >= 11 is 0. The lowest BCUT2D eigenvalue weighted by atomic mass is 9.89. The van der Waals surface area contributed by atoms with Gasteiger partial charge in [-0.1, -0.05) is 19.3 Å². The van der Waals surface area contributed by atoms with Crippen LogP contribution in [0.1, 0.15) is 32.1 Å². The summed E-state index contributed by atoms with van der Waals surface area (Å²) in [7, 11) is -3.67. The Kier molecular flexibility index (Phi) is 5.71. The van der Waals surface area contributed by atoms with E-state index in [1.807, 2.05) is 0 Å². The van der Waals surface area contributed by atoms with Gasteiger partial charge in [-0.15, -0.1) is 0 Å². The van der Waals surface area contributed by atoms with Crippen molar-refractivity contribution in [2.45, 2.75) is 32.1 Å². The zero-order valence-electron chi connectivity index (χ0n) is 8.27. The highest BCUT2D eigenvalue weighted by atomic mass is 32.2. The molecule has 0 heterocycles. The number of rotatable bonds is 1. The summed E-state index contributed by atoms with van der Waals surface area (Å²) in [5, 5.41) is 0. The molecule has 1 saturated carbocycles. The first-order valence-corrected chi connectivity index (χ1v) is 6.37. The number of carbonyl (C=O) groups is 1.